The summed E-state index contributed by atoms with van der Waals surface area (Å²) in [4.78, 5) is 27.4. The molecule has 0 spiro atoms. The highest BCUT2D eigenvalue weighted by Gasteiger charge is 2.30. The molecule has 2 aliphatic heterocycles. The van der Waals surface area contributed by atoms with Gasteiger partial charge in [-0.2, -0.15) is 5.10 Å². The van der Waals surface area contributed by atoms with E-state index in [1.165, 1.54) is 18.2 Å². The number of nitro groups is 1. The Labute approximate surface area is 173 Å². The van der Waals surface area contributed by atoms with Gasteiger partial charge in [-0.3, -0.25) is 24.9 Å². The molecule has 0 bridgehead atoms. The molecule has 160 valence electrons. The average Bonchev–Trinajstić information content (AvgIpc) is 3.25. The molecule has 2 fully saturated rings. The number of likely N-dealkylation sites (tertiary alicyclic amines) is 1. The number of H-pyrrole nitrogens is 1. The fourth-order valence-corrected chi connectivity index (χ4v) is 4.25. The first-order chi connectivity index (χ1) is 14.5. The Morgan fingerprint density at radius 2 is 2.13 bits per heavy atom. The summed E-state index contributed by atoms with van der Waals surface area (Å²) < 4.78 is 19.6. The summed E-state index contributed by atoms with van der Waals surface area (Å²) in [7, 11) is 0. The van der Waals surface area contributed by atoms with Crippen LogP contribution in [0, 0.1) is 15.9 Å². The number of hydrogen-bond donors (Lipinski definition) is 1. The molecule has 1 aromatic carbocycles. The largest absolute Gasteiger partial charge is 0.378 e. The minimum atomic E-state index is -0.573. The predicted molar refractivity (Wildman–Crippen MR) is 106 cm³/mol. The zero-order chi connectivity index (χ0) is 21.1. The number of amides is 1. The number of benzene rings is 1. The number of morpholine rings is 1. The molecule has 2 aliphatic rings. The second-order valence-electron chi connectivity index (χ2n) is 7.67. The number of nitro benzene ring substituents is 1. The minimum absolute atomic E-state index is 0.0204. The van der Waals surface area contributed by atoms with Gasteiger partial charge >= 0.3 is 0 Å². The molecule has 0 radical (unpaired) electrons. The van der Waals surface area contributed by atoms with Crippen LogP contribution < -0.4 is 0 Å². The number of aromatic amines is 1. The number of nitrogens with one attached hydrogen (secondary N) is 1. The predicted octanol–water partition coefficient (Wildman–Crippen LogP) is 2.31. The first kappa shape index (κ1) is 20.4. The summed E-state index contributed by atoms with van der Waals surface area (Å²) in [5, 5.41) is 18.4. The van der Waals surface area contributed by atoms with Crippen molar-refractivity contribution < 1.29 is 18.8 Å². The monoisotopic (exact) mass is 417 g/mol. The Bertz CT molecular complexity index is 928. The maximum Gasteiger partial charge on any atom is 0.276 e. The van der Waals surface area contributed by atoms with Crippen LogP contribution in [-0.2, 0) is 11.3 Å². The SMILES string of the molecule is O=C(c1cn[nH]c1C1CCCN(Cc2c(F)cccc2[N+](=O)[O-])C1)N1CCOCC1. The Hall–Kier alpha value is -2.85. The van der Waals surface area contributed by atoms with Crippen LogP contribution in [0.25, 0.3) is 0 Å². The van der Waals surface area contributed by atoms with Gasteiger partial charge in [-0.15, -0.1) is 0 Å². The average molecular weight is 417 g/mol. The van der Waals surface area contributed by atoms with Crippen LogP contribution >= 0.6 is 0 Å². The van der Waals surface area contributed by atoms with Gasteiger partial charge < -0.3 is 9.64 Å². The Morgan fingerprint density at radius 3 is 2.90 bits per heavy atom. The molecule has 9 nitrogen and oxygen atoms in total. The number of ether oxygens (including phenoxy) is 1. The summed E-state index contributed by atoms with van der Waals surface area (Å²) >= 11 is 0. The summed E-state index contributed by atoms with van der Waals surface area (Å²) in [6, 6.07) is 3.93. The van der Waals surface area contributed by atoms with Crippen LogP contribution in [-0.4, -0.2) is 70.2 Å². The van der Waals surface area contributed by atoms with E-state index in [4.69, 9.17) is 4.74 Å². The molecule has 3 heterocycles. The molecule has 0 aliphatic carbocycles. The molecular weight excluding hydrogens is 393 g/mol. The molecular formula is C20H24FN5O4. The standard InChI is InChI=1S/C20H24FN5O4/c21-17-4-1-5-18(26(28)29)16(17)13-24-6-2-3-14(12-24)19-15(11-22-23-19)20(27)25-7-9-30-10-8-25/h1,4-5,11,14H,2-3,6-10,12-13H2,(H,22,23). The highest BCUT2D eigenvalue weighted by Crippen LogP contribution is 2.31. The molecule has 1 unspecified atom stereocenters. The van der Waals surface area contributed by atoms with Crippen molar-refractivity contribution in [1.29, 1.82) is 0 Å². The molecule has 1 atom stereocenters. The normalized spacial score (nSPS) is 20.3. The Kier molecular flexibility index (Phi) is 6.05. The summed E-state index contributed by atoms with van der Waals surface area (Å²) in [6.45, 7) is 3.59. The van der Waals surface area contributed by atoms with Crippen molar-refractivity contribution in [2.24, 2.45) is 0 Å². The van der Waals surface area contributed by atoms with Crippen LogP contribution in [0.4, 0.5) is 10.1 Å². The first-order valence-electron chi connectivity index (χ1n) is 10.1. The van der Waals surface area contributed by atoms with E-state index in [-0.39, 0.29) is 29.6 Å². The first-order valence-corrected chi connectivity index (χ1v) is 10.1. The smallest absolute Gasteiger partial charge is 0.276 e. The molecule has 10 heteroatoms. The number of piperidine rings is 1. The van der Waals surface area contributed by atoms with Crippen molar-refractivity contribution in [3.05, 3.63) is 57.1 Å². The maximum atomic E-state index is 14.3. The van der Waals surface area contributed by atoms with Gasteiger partial charge in [0.2, 0.25) is 0 Å². The highest BCUT2D eigenvalue weighted by molar-refractivity contribution is 5.95. The fourth-order valence-electron chi connectivity index (χ4n) is 4.25. The number of rotatable bonds is 5. The van der Waals surface area contributed by atoms with Crippen molar-refractivity contribution in [1.82, 2.24) is 20.0 Å². The number of nitrogens with zero attached hydrogens (tertiary/aromatic N) is 4. The Morgan fingerprint density at radius 1 is 1.33 bits per heavy atom. The van der Waals surface area contributed by atoms with Crippen molar-refractivity contribution >= 4 is 11.6 Å². The van der Waals surface area contributed by atoms with Gasteiger partial charge in [-0.1, -0.05) is 6.07 Å². The molecule has 0 saturated carbocycles. The Balaban J connectivity index is 1.50. The van der Waals surface area contributed by atoms with Gasteiger partial charge in [0, 0.05) is 38.2 Å². The van der Waals surface area contributed by atoms with Gasteiger partial charge in [0.05, 0.1) is 41.2 Å². The second kappa shape index (κ2) is 8.88. The lowest BCUT2D eigenvalue weighted by molar-refractivity contribution is -0.386. The zero-order valence-electron chi connectivity index (χ0n) is 16.6. The van der Waals surface area contributed by atoms with Gasteiger partial charge in [-0.05, 0) is 25.5 Å². The molecule has 2 saturated heterocycles. The van der Waals surface area contributed by atoms with Gasteiger partial charge in [-0.25, -0.2) is 4.39 Å². The number of carbonyl (C=O) groups is 1. The van der Waals surface area contributed by atoms with Gasteiger partial charge in [0.1, 0.15) is 5.82 Å². The zero-order valence-corrected chi connectivity index (χ0v) is 16.6. The van der Waals surface area contributed by atoms with E-state index < -0.39 is 10.7 Å². The number of carbonyl (C=O) groups excluding carboxylic acids is 1. The van der Waals surface area contributed by atoms with E-state index in [9.17, 15) is 19.3 Å². The summed E-state index contributed by atoms with van der Waals surface area (Å²) in [5.41, 5.74) is 1.22. The second-order valence-corrected chi connectivity index (χ2v) is 7.67. The molecule has 4 rings (SSSR count). The molecule has 1 N–H and O–H groups in total. The molecule has 2 aromatic rings. The maximum absolute atomic E-state index is 14.3. The van der Waals surface area contributed by atoms with Crippen LogP contribution in [0.1, 0.15) is 40.4 Å². The highest BCUT2D eigenvalue weighted by atomic mass is 19.1. The van der Waals surface area contributed by atoms with E-state index in [2.05, 4.69) is 10.2 Å². The lowest BCUT2D eigenvalue weighted by Crippen LogP contribution is -2.41. The van der Waals surface area contributed by atoms with Crippen LogP contribution in [0.2, 0.25) is 0 Å². The summed E-state index contributed by atoms with van der Waals surface area (Å²) in [6.07, 6.45) is 3.27. The lowest BCUT2D eigenvalue weighted by Gasteiger charge is -2.33. The molecule has 30 heavy (non-hydrogen) atoms. The third-order valence-electron chi connectivity index (χ3n) is 5.78. The van der Waals surface area contributed by atoms with E-state index in [1.807, 2.05) is 4.90 Å². The quantitative estimate of drug-likeness (QED) is 0.591. The summed E-state index contributed by atoms with van der Waals surface area (Å²) in [5.74, 6) is -0.618. The number of halogens is 1. The minimum Gasteiger partial charge on any atom is -0.378 e. The lowest BCUT2D eigenvalue weighted by atomic mass is 9.91. The molecule has 1 amide bonds. The van der Waals surface area contributed by atoms with Crippen molar-refractivity contribution in [3.63, 3.8) is 0 Å². The topological polar surface area (TPSA) is 105 Å². The number of aromatic nitrogens is 2. The van der Waals surface area contributed by atoms with E-state index >= 15 is 0 Å². The van der Waals surface area contributed by atoms with Crippen LogP contribution in [0.3, 0.4) is 0 Å². The van der Waals surface area contributed by atoms with E-state index in [1.54, 1.807) is 11.1 Å². The van der Waals surface area contributed by atoms with Gasteiger partial charge in [0.15, 0.2) is 0 Å². The van der Waals surface area contributed by atoms with E-state index in [0.717, 1.165) is 18.5 Å². The molecule has 1 aromatic heterocycles. The van der Waals surface area contributed by atoms with Crippen molar-refractivity contribution in [2.45, 2.75) is 25.3 Å². The van der Waals surface area contributed by atoms with Crippen molar-refractivity contribution in [3.8, 4) is 0 Å². The third kappa shape index (κ3) is 4.19. The van der Waals surface area contributed by atoms with Crippen LogP contribution in [0.15, 0.2) is 24.4 Å². The van der Waals surface area contributed by atoms with Crippen LogP contribution in [0.5, 0.6) is 0 Å². The van der Waals surface area contributed by atoms with Gasteiger partial charge in [0.25, 0.3) is 11.6 Å². The number of hydrogen-bond acceptors (Lipinski definition) is 6. The third-order valence-corrected chi connectivity index (χ3v) is 5.78. The fraction of sp³-hybridized carbons (Fsp3) is 0.500. The van der Waals surface area contributed by atoms with E-state index in [0.29, 0.717) is 45.0 Å². The van der Waals surface area contributed by atoms with Crippen molar-refractivity contribution in [2.75, 3.05) is 39.4 Å².